The normalized spacial score (nSPS) is 17.9. The minimum atomic E-state index is -4.66. The van der Waals surface area contributed by atoms with E-state index in [4.69, 9.17) is 16.3 Å². The number of allylic oxidation sites excluding steroid dienone is 1. The van der Waals surface area contributed by atoms with Crippen LogP contribution in [0, 0.1) is 15.5 Å². The van der Waals surface area contributed by atoms with E-state index in [0.717, 1.165) is 56.0 Å². The number of carboxylic acids is 1. The number of fused-ring (bicyclic) bond motifs is 2. The fourth-order valence-electron chi connectivity index (χ4n) is 8.35. The third-order valence-corrected chi connectivity index (χ3v) is 13.0. The van der Waals surface area contributed by atoms with Gasteiger partial charge in [0.05, 0.1) is 28.0 Å². The van der Waals surface area contributed by atoms with E-state index < -0.39 is 43.4 Å². The molecule has 17 heteroatoms. The standard InChI is InChI=1S/C43H44ClN7O8S/c1-43(2)11-9-28(36(23-43)26-3-5-30(44)6-4-26)25-49-13-15-50(16-14-49)32-7-8-35(38(21-32)59-33-18-27-10-12-45-41(27)46-24-33)42(54)48-60(57,58)34-19-29-17-31(20-39(52)53)47-40(29)37(22-34)51(55)56/h3-8,10,12,18-19,21-22,24,31,47H,9,11,13-17,20,23,25H2,1-2H3,(H,45,46)(H,48,54)(H,52,53)/t31-/m0/s1. The molecule has 3 aromatic carbocycles. The molecular formula is C43H44ClN7O8S. The summed E-state index contributed by atoms with van der Waals surface area (Å²) in [6.07, 6.45) is 6.11. The Morgan fingerprint density at radius 2 is 1.83 bits per heavy atom. The van der Waals surface area contributed by atoms with E-state index in [1.165, 1.54) is 35.0 Å². The largest absolute Gasteiger partial charge is 0.481 e. The molecule has 15 nitrogen and oxygen atoms in total. The molecule has 60 heavy (non-hydrogen) atoms. The first kappa shape index (κ1) is 40.8. The summed E-state index contributed by atoms with van der Waals surface area (Å²) in [5.41, 5.74) is 5.36. The first-order valence-electron chi connectivity index (χ1n) is 19.7. The Morgan fingerprint density at radius 3 is 2.57 bits per heavy atom. The Bertz CT molecular complexity index is 2660. The number of carboxylic acid groups (broad SMARTS) is 1. The summed E-state index contributed by atoms with van der Waals surface area (Å²) in [5, 5.41) is 25.6. The van der Waals surface area contributed by atoms with Crippen LogP contribution in [0.1, 0.15) is 61.0 Å². The van der Waals surface area contributed by atoms with Crippen LogP contribution in [-0.4, -0.2) is 84.0 Å². The molecule has 5 aromatic rings. The molecule has 1 atom stereocenters. The Labute approximate surface area is 351 Å². The smallest absolute Gasteiger partial charge is 0.305 e. The summed E-state index contributed by atoms with van der Waals surface area (Å²) in [5.74, 6) is -1.72. The van der Waals surface area contributed by atoms with Crippen molar-refractivity contribution in [1.29, 1.82) is 0 Å². The number of hydrogen-bond donors (Lipinski definition) is 4. The maximum Gasteiger partial charge on any atom is 0.305 e. The molecule has 0 spiro atoms. The van der Waals surface area contributed by atoms with Crippen molar-refractivity contribution in [2.24, 2.45) is 5.41 Å². The number of rotatable bonds is 12. The van der Waals surface area contributed by atoms with Gasteiger partial charge in [-0.3, -0.25) is 24.6 Å². The van der Waals surface area contributed by atoms with Crippen molar-refractivity contribution in [2.45, 2.75) is 56.9 Å². The molecule has 0 unspecified atom stereocenters. The highest BCUT2D eigenvalue weighted by Crippen LogP contribution is 2.44. The SMILES string of the molecule is CC1(C)CCC(CN2CCN(c3ccc(C(=O)NS(=O)(=O)c4cc5c(c([N+](=O)[O-])c4)N[C@H](CC(=O)O)C5)c(Oc4cnc5[nH]ccc5c4)c3)CC2)=C(c2ccc(Cl)cc2)C1. The number of nitrogens with zero attached hydrogens (tertiary/aromatic N) is 4. The number of carbonyl (C=O) groups is 2. The number of benzene rings is 3. The lowest BCUT2D eigenvalue weighted by atomic mass is 9.72. The predicted molar refractivity (Wildman–Crippen MR) is 228 cm³/mol. The van der Waals surface area contributed by atoms with Gasteiger partial charge in [0.2, 0.25) is 0 Å². The molecule has 1 aliphatic carbocycles. The maximum atomic E-state index is 13.9. The number of amides is 1. The number of hydrogen-bond acceptors (Lipinski definition) is 11. The van der Waals surface area contributed by atoms with Gasteiger partial charge in [0.1, 0.15) is 22.8 Å². The molecule has 4 heterocycles. The van der Waals surface area contributed by atoms with Gasteiger partial charge >= 0.3 is 5.97 Å². The molecule has 2 aromatic heterocycles. The second kappa shape index (κ2) is 16.2. The number of carbonyl (C=O) groups excluding carboxylic acids is 1. The molecule has 1 saturated heterocycles. The van der Waals surface area contributed by atoms with Gasteiger partial charge in [-0.1, -0.05) is 43.2 Å². The molecule has 1 amide bonds. The molecule has 2 aliphatic heterocycles. The molecule has 0 radical (unpaired) electrons. The highest BCUT2D eigenvalue weighted by Gasteiger charge is 2.34. The number of halogens is 1. The topological polar surface area (TPSA) is 200 Å². The summed E-state index contributed by atoms with van der Waals surface area (Å²) < 4.78 is 35.8. The zero-order chi connectivity index (χ0) is 42.3. The van der Waals surface area contributed by atoms with Crippen LogP contribution in [0.5, 0.6) is 11.5 Å². The summed E-state index contributed by atoms with van der Waals surface area (Å²) in [4.78, 5) is 48.1. The van der Waals surface area contributed by atoms with Gasteiger partial charge in [-0.25, -0.2) is 18.1 Å². The van der Waals surface area contributed by atoms with Gasteiger partial charge in [0.15, 0.2) is 0 Å². The predicted octanol–water partition coefficient (Wildman–Crippen LogP) is 7.63. The number of aromatic amines is 1. The molecule has 1 fully saturated rings. The maximum absolute atomic E-state index is 13.9. The fourth-order valence-corrected chi connectivity index (χ4v) is 9.52. The number of ether oxygens (including phenoxy) is 1. The first-order valence-corrected chi connectivity index (χ1v) is 21.5. The number of nitro groups is 1. The highest BCUT2D eigenvalue weighted by molar-refractivity contribution is 7.90. The van der Waals surface area contributed by atoms with Crippen molar-refractivity contribution in [3.63, 3.8) is 0 Å². The number of anilines is 2. The summed E-state index contributed by atoms with van der Waals surface area (Å²) in [6, 6.07) is 18.0. The van der Waals surface area contributed by atoms with Crippen LogP contribution in [0.25, 0.3) is 16.6 Å². The Balaban J connectivity index is 1.03. The van der Waals surface area contributed by atoms with Crippen molar-refractivity contribution in [1.82, 2.24) is 19.6 Å². The minimum Gasteiger partial charge on any atom is -0.481 e. The number of sulfonamides is 1. The van der Waals surface area contributed by atoms with E-state index >= 15 is 0 Å². The Kier molecular flexibility index (Phi) is 11.0. The number of aromatic nitrogens is 2. The van der Waals surface area contributed by atoms with E-state index in [9.17, 15) is 33.2 Å². The Hall–Kier alpha value is -5.97. The lowest BCUT2D eigenvalue weighted by Gasteiger charge is -2.39. The molecular weight excluding hydrogens is 810 g/mol. The lowest BCUT2D eigenvalue weighted by Crippen LogP contribution is -2.47. The van der Waals surface area contributed by atoms with E-state index in [0.29, 0.717) is 29.5 Å². The van der Waals surface area contributed by atoms with Crippen LogP contribution in [0.4, 0.5) is 17.1 Å². The van der Waals surface area contributed by atoms with Crippen molar-refractivity contribution < 1.29 is 32.8 Å². The average Bonchev–Trinajstić information content (AvgIpc) is 3.84. The zero-order valence-electron chi connectivity index (χ0n) is 33.0. The molecule has 0 saturated carbocycles. The van der Waals surface area contributed by atoms with E-state index in [1.54, 1.807) is 24.4 Å². The number of aliphatic carboxylic acids is 1. The third kappa shape index (κ3) is 8.81. The van der Waals surface area contributed by atoms with Gasteiger partial charge < -0.3 is 25.0 Å². The fraction of sp³-hybridized carbons (Fsp3) is 0.326. The first-order chi connectivity index (χ1) is 28.6. The van der Waals surface area contributed by atoms with Crippen molar-refractivity contribution in [3.05, 3.63) is 117 Å². The van der Waals surface area contributed by atoms with Gasteiger partial charge in [0.25, 0.3) is 21.6 Å². The monoisotopic (exact) mass is 853 g/mol. The number of piperazine rings is 1. The molecule has 0 bridgehead atoms. The van der Waals surface area contributed by atoms with Crippen LogP contribution in [-0.2, 0) is 21.2 Å². The quantitative estimate of drug-likeness (QED) is 0.0708. The van der Waals surface area contributed by atoms with Crippen molar-refractivity contribution >= 4 is 67.2 Å². The minimum absolute atomic E-state index is 0.0493. The van der Waals surface area contributed by atoms with Gasteiger partial charge in [-0.05, 0) is 90.3 Å². The van der Waals surface area contributed by atoms with Crippen LogP contribution in [0.2, 0.25) is 5.02 Å². The number of pyridine rings is 1. The van der Waals surface area contributed by atoms with Crippen LogP contribution in [0.3, 0.4) is 0 Å². The summed E-state index contributed by atoms with van der Waals surface area (Å²) >= 11 is 6.23. The van der Waals surface area contributed by atoms with Gasteiger partial charge in [0, 0.05) is 73.2 Å². The van der Waals surface area contributed by atoms with Crippen LogP contribution < -0.4 is 19.7 Å². The van der Waals surface area contributed by atoms with Crippen molar-refractivity contribution in [3.8, 4) is 11.5 Å². The van der Waals surface area contributed by atoms with Crippen molar-refractivity contribution in [2.75, 3.05) is 42.9 Å². The van der Waals surface area contributed by atoms with E-state index in [-0.39, 0.29) is 40.8 Å². The molecule has 3 aliphatic rings. The zero-order valence-corrected chi connectivity index (χ0v) is 34.6. The third-order valence-electron chi connectivity index (χ3n) is 11.5. The number of H-pyrrole nitrogens is 1. The highest BCUT2D eigenvalue weighted by atomic mass is 35.5. The lowest BCUT2D eigenvalue weighted by molar-refractivity contribution is -0.384. The second-order valence-electron chi connectivity index (χ2n) is 16.4. The molecule has 312 valence electrons. The van der Waals surface area contributed by atoms with Crippen LogP contribution >= 0.6 is 11.6 Å². The second-order valence-corrected chi connectivity index (χ2v) is 18.5. The number of nitro benzene ring substituents is 1. The van der Waals surface area contributed by atoms with Gasteiger partial charge in [-0.2, -0.15) is 0 Å². The number of nitrogens with one attached hydrogen (secondary N) is 3. The van der Waals surface area contributed by atoms with E-state index in [2.05, 4.69) is 55.8 Å². The van der Waals surface area contributed by atoms with Crippen LogP contribution in [0.15, 0.2) is 89.6 Å². The summed E-state index contributed by atoms with van der Waals surface area (Å²) in [7, 11) is -4.66. The van der Waals surface area contributed by atoms with Gasteiger partial charge in [-0.15, -0.1) is 0 Å². The summed E-state index contributed by atoms with van der Waals surface area (Å²) in [6.45, 7) is 8.50. The molecule has 8 rings (SSSR count). The van der Waals surface area contributed by atoms with E-state index in [1.807, 2.05) is 18.2 Å². The Morgan fingerprint density at radius 1 is 1.07 bits per heavy atom. The molecule has 4 N–H and O–H groups in total. The average molecular weight is 854 g/mol.